The van der Waals surface area contributed by atoms with Gasteiger partial charge in [0.1, 0.15) is 11.5 Å². The van der Waals surface area contributed by atoms with E-state index in [-0.39, 0.29) is 5.91 Å². The molecule has 0 aromatic heterocycles. The summed E-state index contributed by atoms with van der Waals surface area (Å²) in [4.78, 5) is 14.8. The van der Waals surface area contributed by atoms with Gasteiger partial charge >= 0.3 is 0 Å². The Kier molecular flexibility index (Phi) is 6.84. The van der Waals surface area contributed by atoms with Crippen LogP contribution in [-0.2, 0) is 0 Å². The van der Waals surface area contributed by atoms with E-state index < -0.39 is 0 Å². The fraction of sp³-hybridized carbons (Fsp3) is 0.364. The molecule has 1 aliphatic rings. The van der Waals surface area contributed by atoms with Crippen LogP contribution in [0.1, 0.15) is 41.6 Å². The molecule has 0 spiro atoms. The van der Waals surface area contributed by atoms with Crippen LogP contribution >= 0.6 is 0 Å². The molecule has 0 radical (unpaired) electrons. The lowest BCUT2D eigenvalue weighted by Gasteiger charge is -2.26. The lowest BCUT2D eigenvalue weighted by Crippen LogP contribution is -2.33. The molecule has 1 N–H and O–H groups in total. The third-order valence-electron chi connectivity index (χ3n) is 4.70. The fourth-order valence-corrected chi connectivity index (χ4v) is 3.22. The molecule has 1 heterocycles. The lowest BCUT2D eigenvalue weighted by atomic mass is 10.1. The summed E-state index contributed by atoms with van der Waals surface area (Å²) in [5, 5.41) is 11.8. The maximum atomic E-state index is 12.4. The van der Waals surface area contributed by atoms with E-state index in [4.69, 9.17) is 10.00 Å². The molecule has 2 aromatic carbocycles. The molecule has 5 nitrogen and oxygen atoms in total. The number of rotatable bonds is 7. The Labute approximate surface area is 160 Å². The zero-order valence-electron chi connectivity index (χ0n) is 15.5. The van der Waals surface area contributed by atoms with Gasteiger partial charge in [-0.2, -0.15) is 5.26 Å². The van der Waals surface area contributed by atoms with Crippen LogP contribution in [0.5, 0.6) is 11.5 Å². The number of nitriles is 1. The zero-order chi connectivity index (χ0) is 18.9. The van der Waals surface area contributed by atoms with Crippen molar-refractivity contribution in [2.45, 2.75) is 25.7 Å². The molecule has 27 heavy (non-hydrogen) atoms. The first-order chi connectivity index (χ1) is 13.2. The molecule has 5 heteroatoms. The van der Waals surface area contributed by atoms with Crippen LogP contribution in [0.15, 0.2) is 48.5 Å². The molecule has 1 aliphatic heterocycles. The number of piperidine rings is 1. The number of carbonyl (C=O) groups is 1. The van der Waals surface area contributed by atoms with Gasteiger partial charge in [-0.25, -0.2) is 0 Å². The first-order valence-electron chi connectivity index (χ1n) is 9.53. The quantitative estimate of drug-likeness (QED) is 0.756. The van der Waals surface area contributed by atoms with Gasteiger partial charge in [-0.3, -0.25) is 4.79 Å². The van der Waals surface area contributed by atoms with Gasteiger partial charge in [-0.15, -0.1) is 0 Å². The van der Waals surface area contributed by atoms with E-state index in [0.717, 1.165) is 13.0 Å². The molecule has 0 atom stereocenters. The first-order valence-corrected chi connectivity index (χ1v) is 9.53. The highest BCUT2D eigenvalue weighted by molar-refractivity contribution is 5.94. The standard InChI is InChI=1S/C22H25N3O2/c23-17-18-8-10-20(11-9-18)27-21-7-4-6-19(16-21)22(26)24-12-5-15-25-13-2-1-3-14-25/h4,6-11,16H,1-3,5,12-15H2,(H,24,26). The highest BCUT2D eigenvalue weighted by atomic mass is 16.5. The molecule has 3 rings (SSSR count). The zero-order valence-corrected chi connectivity index (χ0v) is 15.5. The van der Waals surface area contributed by atoms with E-state index in [0.29, 0.717) is 29.2 Å². The number of hydrogen-bond donors (Lipinski definition) is 1. The largest absolute Gasteiger partial charge is 0.457 e. The van der Waals surface area contributed by atoms with Crippen molar-refractivity contribution >= 4 is 5.91 Å². The van der Waals surface area contributed by atoms with Crippen LogP contribution in [-0.4, -0.2) is 37.0 Å². The van der Waals surface area contributed by atoms with Gasteiger partial charge in [0, 0.05) is 12.1 Å². The van der Waals surface area contributed by atoms with E-state index in [1.165, 1.54) is 32.4 Å². The molecule has 2 aromatic rings. The molecule has 0 unspecified atom stereocenters. The molecular formula is C22H25N3O2. The van der Waals surface area contributed by atoms with Crippen molar-refractivity contribution in [1.82, 2.24) is 10.2 Å². The monoisotopic (exact) mass is 363 g/mol. The van der Waals surface area contributed by atoms with Gasteiger partial charge in [-0.1, -0.05) is 12.5 Å². The molecule has 0 bridgehead atoms. The molecule has 0 aliphatic carbocycles. The SMILES string of the molecule is N#Cc1ccc(Oc2cccc(C(=O)NCCCN3CCCCC3)c2)cc1. The summed E-state index contributed by atoms with van der Waals surface area (Å²) >= 11 is 0. The van der Waals surface area contributed by atoms with E-state index in [1.54, 1.807) is 36.4 Å². The average Bonchev–Trinajstić information content (AvgIpc) is 2.72. The Hall–Kier alpha value is -2.84. The Bertz CT molecular complexity index is 790. The van der Waals surface area contributed by atoms with Crippen LogP contribution < -0.4 is 10.1 Å². The summed E-state index contributed by atoms with van der Waals surface area (Å²) in [6, 6.07) is 16.1. The van der Waals surface area contributed by atoms with Crippen molar-refractivity contribution in [3.05, 3.63) is 59.7 Å². The minimum Gasteiger partial charge on any atom is -0.457 e. The van der Waals surface area contributed by atoms with Gasteiger partial charge in [0.15, 0.2) is 0 Å². The van der Waals surface area contributed by atoms with Crippen molar-refractivity contribution in [3.63, 3.8) is 0 Å². The van der Waals surface area contributed by atoms with Gasteiger partial charge < -0.3 is 15.0 Å². The van der Waals surface area contributed by atoms with Gasteiger partial charge in [0.05, 0.1) is 11.6 Å². The summed E-state index contributed by atoms with van der Waals surface area (Å²) in [5.74, 6) is 1.15. The Morgan fingerprint density at radius 3 is 2.59 bits per heavy atom. The number of benzene rings is 2. The summed E-state index contributed by atoms with van der Waals surface area (Å²) in [5.41, 5.74) is 1.17. The van der Waals surface area contributed by atoms with Crippen LogP contribution in [0.25, 0.3) is 0 Å². The summed E-state index contributed by atoms with van der Waals surface area (Å²) < 4.78 is 5.78. The summed E-state index contributed by atoms with van der Waals surface area (Å²) in [7, 11) is 0. The number of carbonyl (C=O) groups excluding carboxylic acids is 1. The predicted molar refractivity (Wildman–Crippen MR) is 105 cm³/mol. The lowest BCUT2D eigenvalue weighted by molar-refractivity contribution is 0.0951. The second-order valence-corrected chi connectivity index (χ2v) is 6.78. The highest BCUT2D eigenvalue weighted by Gasteiger charge is 2.10. The van der Waals surface area contributed by atoms with E-state index >= 15 is 0 Å². The maximum absolute atomic E-state index is 12.4. The molecule has 140 valence electrons. The third kappa shape index (κ3) is 5.83. The number of likely N-dealkylation sites (tertiary alicyclic amines) is 1. The van der Waals surface area contributed by atoms with E-state index in [9.17, 15) is 4.79 Å². The Morgan fingerprint density at radius 2 is 1.85 bits per heavy atom. The molecule has 1 fully saturated rings. The van der Waals surface area contributed by atoms with Crippen molar-refractivity contribution in [3.8, 4) is 17.6 Å². The van der Waals surface area contributed by atoms with Gasteiger partial charge in [0.25, 0.3) is 5.91 Å². The molecule has 1 amide bonds. The van der Waals surface area contributed by atoms with Crippen LogP contribution in [0, 0.1) is 11.3 Å². The van der Waals surface area contributed by atoms with Crippen molar-refractivity contribution in [2.75, 3.05) is 26.2 Å². The number of hydrogen-bond acceptors (Lipinski definition) is 4. The van der Waals surface area contributed by atoms with Gasteiger partial charge in [0.2, 0.25) is 0 Å². The molecule has 1 saturated heterocycles. The van der Waals surface area contributed by atoms with Crippen molar-refractivity contribution < 1.29 is 9.53 Å². The summed E-state index contributed by atoms with van der Waals surface area (Å²) in [6.07, 6.45) is 4.89. The second kappa shape index (κ2) is 9.75. The highest BCUT2D eigenvalue weighted by Crippen LogP contribution is 2.22. The predicted octanol–water partition coefficient (Wildman–Crippen LogP) is 3.96. The number of ether oxygens (including phenoxy) is 1. The normalized spacial score (nSPS) is 14.3. The number of amides is 1. The van der Waals surface area contributed by atoms with Crippen molar-refractivity contribution in [1.29, 1.82) is 5.26 Å². The van der Waals surface area contributed by atoms with Crippen LogP contribution in [0.2, 0.25) is 0 Å². The van der Waals surface area contributed by atoms with E-state index in [2.05, 4.69) is 16.3 Å². The van der Waals surface area contributed by atoms with Crippen molar-refractivity contribution in [2.24, 2.45) is 0 Å². The average molecular weight is 363 g/mol. The Morgan fingerprint density at radius 1 is 1.07 bits per heavy atom. The van der Waals surface area contributed by atoms with Crippen LogP contribution in [0.4, 0.5) is 0 Å². The fourth-order valence-electron chi connectivity index (χ4n) is 3.22. The minimum absolute atomic E-state index is 0.0843. The smallest absolute Gasteiger partial charge is 0.251 e. The van der Waals surface area contributed by atoms with Crippen LogP contribution in [0.3, 0.4) is 0 Å². The first kappa shape index (κ1) is 18.9. The second-order valence-electron chi connectivity index (χ2n) is 6.78. The summed E-state index contributed by atoms with van der Waals surface area (Å²) in [6.45, 7) is 4.09. The van der Waals surface area contributed by atoms with E-state index in [1.807, 2.05) is 12.1 Å². The minimum atomic E-state index is -0.0843. The number of nitrogens with zero attached hydrogens (tertiary/aromatic N) is 2. The molecule has 0 saturated carbocycles. The maximum Gasteiger partial charge on any atom is 0.251 e. The Balaban J connectivity index is 1.48. The molecular weight excluding hydrogens is 338 g/mol. The third-order valence-corrected chi connectivity index (χ3v) is 4.70. The topological polar surface area (TPSA) is 65.4 Å². The van der Waals surface area contributed by atoms with Gasteiger partial charge in [-0.05, 0) is 81.4 Å². The number of nitrogens with one attached hydrogen (secondary N) is 1.